The molecule has 0 bridgehead atoms. The summed E-state index contributed by atoms with van der Waals surface area (Å²) in [6.07, 6.45) is 2.63. The third-order valence-electron chi connectivity index (χ3n) is 1.15. The number of aromatic nitrogens is 1. The van der Waals surface area contributed by atoms with Gasteiger partial charge in [-0.05, 0) is 6.07 Å². The Morgan fingerprint density at radius 1 is 1.60 bits per heavy atom. The van der Waals surface area contributed by atoms with Crippen LogP contribution in [-0.2, 0) is 0 Å². The maximum absolute atomic E-state index is 7.24. The SMILES string of the molecule is N=Cn1ccc(N)cc1=N. The molecule has 0 saturated heterocycles. The highest BCUT2D eigenvalue weighted by Gasteiger charge is 1.86. The molecule has 1 aromatic rings. The van der Waals surface area contributed by atoms with Crippen LogP contribution in [0.15, 0.2) is 18.3 Å². The standard InChI is InChI=1S/C6H8N4/c7-4-10-2-1-5(8)3-6(10)9/h1-4,7,9H,8H2. The lowest BCUT2D eigenvalue weighted by Gasteiger charge is -1.97. The largest absolute Gasteiger partial charge is 0.399 e. The molecular formula is C6H8N4. The number of nitrogen functional groups attached to an aromatic ring is 1. The highest BCUT2D eigenvalue weighted by Crippen LogP contribution is 1.91. The van der Waals surface area contributed by atoms with Crippen LogP contribution in [0, 0.1) is 10.8 Å². The van der Waals surface area contributed by atoms with Crippen molar-refractivity contribution in [1.29, 1.82) is 10.8 Å². The molecule has 0 fully saturated rings. The third kappa shape index (κ3) is 1.05. The maximum atomic E-state index is 7.24. The lowest BCUT2D eigenvalue weighted by Crippen LogP contribution is -2.17. The second kappa shape index (κ2) is 2.34. The van der Waals surface area contributed by atoms with Crippen molar-refractivity contribution >= 4 is 12.0 Å². The molecule has 10 heavy (non-hydrogen) atoms. The van der Waals surface area contributed by atoms with Gasteiger partial charge in [0.05, 0.1) is 6.34 Å². The topological polar surface area (TPSA) is 78.7 Å². The van der Waals surface area contributed by atoms with Gasteiger partial charge in [-0.1, -0.05) is 0 Å². The fourth-order valence-electron chi connectivity index (χ4n) is 0.640. The molecule has 0 aliphatic heterocycles. The lowest BCUT2D eigenvalue weighted by molar-refractivity contribution is 0.989. The van der Waals surface area contributed by atoms with Gasteiger partial charge >= 0.3 is 0 Å². The molecule has 0 spiro atoms. The average molecular weight is 136 g/mol. The van der Waals surface area contributed by atoms with Crippen LogP contribution in [0.25, 0.3) is 0 Å². The summed E-state index contributed by atoms with van der Waals surface area (Å²) >= 11 is 0. The minimum absolute atomic E-state index is 0.218. The van der Waals surface area contributed by atoms with E-state index in [9.17, 15) is 0 Å². The van der Waals surface area contributed by atoms with Crippen LogP contribution in [0.1, 0.15) is 0 Å². The van der Waals surface area contributed by atoms with Crippen molar-refractivity contribution in [2.75, 3.05) is 5.73 Å². The first-order chi connectivity index (χ1) is 4.74. The highest BCUT2D eigenvalue weighted by atomic mass is 15.0. The van der Waals surface area contributed by atoms with Crippen molar-refractivity contribution in [3.8, 4) is 0 Å². The Balaban J connectivity index is 3.33. The molecule has 4 N–H and O–H groups in total. The minimum Gasteiger partial charge on any atom is -0.399 e. The molecule has 1 rings (SSSR count). The van der Waals surface area contributed by atoms with Gasteiger partial charge in [0, 0.05) is 18.0 Å². The van der Waals surface area contributed by atoms with E-state index in [0.29, 0.717) is 5.69 Å². The lowest BCUT2D eigenvalue weighted by atomic mass is 10.4. The minimum atomic E-state index is 0.218. The monoisotopic (exact) mass is 136 g/mol. The summed E-state index contributed by atoms with van der Waals surface area (Å²) in [5.41, 5.74) is 6.14. The summed E-state index contributed by atoms with van der Waals surface area (Å²) in [5, 5.41) is 14.1. The van der Waals surface area contributed by atoms with E-state index < -0.39 is 0 Å². The number of nitrogens with zero attached hydrogens (tertiary/aromatic N) is 1. The zero-order valence-corrected chi connectivity index (χ0v) is 5.33. The molecule has 1 aromatic heterocycles. The van der Waals surface area contributed by atoms with Gasteiger partial charge in [0.15, 0.2) is 0 Å². The maximum Gasteiger partial charge on any atom is 0.132 e. The molecule has 4 heteroatoms. The molecule has 0 aliphatic rings. The van der Waals surface area contributed by atoms with Gasteiger partial charge in [0.2, 0.25) is 0 Å². The average Bonchev–Trinajstić information content (AvgIpc) is 1.88. The van der Waals surface area contributed by atoms with Crippen LogP contribution >= 0.6 is 0 Å². The number of hydrogen-bond donors (Lipinski definition) is 3. The Labute approximate surface area is 57.9 Å². The predicted molar refractivity (Wildman–Crippen MR) is 38.9 cm³/mol. The zero-order chi connectivity index (χ0) is 7.56. The normalized spacial score (nSPS) is 9.20. The quantitative estimate of drug-likeness (QED) is 0.369. The van der Waals surface area contributed by atoms with E-state index in [-0.39, 0.29) is 5.49 Å². The summed E-state index contributed by atoms with van der Waals surface area (Å²) in [4.78, 5) is 0. The zero-order valence-electron chi connectivity index (χ0n) is 5.33. The first-order valence-corrected chi connectivity index (χ1v) is 2.77. The predicted octanol–water partition coefficient (Wildman–Crippen LogP) is 0.00494. The highest BCUT2D eigenvalue weighted by molar-refractivity contribution is 5.54. The number of anilines is 1. The molecule has 0 saturated carbocycles. The van der Waals surface area contributed by atoms with Crippen LogP contribution in [0.4, 0.5) is 5.69 Å². The molecule has 4 nitrogen and oxygen atoms in total. The van der Waals surface area contributed by atoms with Crippen molar-refractivity contribution in [3.05, 3.63) is 23.8 Å². The van der Waals surface area contributed by atoms with Gasteiger partial charge in [0.1, 0.15) is 5.49 Å². The Morgan fingerprint density at radius 3 is 2.80 bits per heavy atom. The van der Waals surface area contributed by atoms with Gasteiger partial charge < -0.3 is 5.73 Å². The fraction of sp³-hybridized carbons (Fsp3) is 0. The van der Waals surface area contributed by atoms with E-state index in [1.807, 2.05) is 0 Å². The molecule has 52 valence electrons. The van der Waals surface area contributed by atoms with Gasteiger partial charge in [0.25, 0.3) is 0 Å². The second-order valence-corrected chi connectivity index (χ2v) is 1.88. The number of nitrogens with two attached hydrogens (primary N) is 1. The van der Waals surface area contributed by atoms with Gasteiger partial charge in [-0.15, -0.1) is 0 Å². The number of hydrogen-bond acceptors (Lipinski definition) is 3. The number of rotatable bonds is 1. The van der Waals surface area contributed by atoms with Gasteiger partial charge in [-0.3, -0.25) is 15.4 Å². The Hall–Kier alpha value is -1.58. The van der Waals surface area contributed by atoms with Crippen molar-refractivity contribution in [3.63, 3.8) is 0 Å². The summed E-state index contributed by atoms with van der Waals surface area (Å²) in [6, 6.07) is 3.13. The number of pyridine rings is 1. The fourth-order valence-corrected chi connectivity index (χ4v) is 0.640. The van der Waals surface area contributed by atoms with Gasteiger partial charge in [-0.2, -0.15) is 0 Å². The van der Waals surface area contributed by atoms with E-state index in [4.69, 9.17) is 16.6 Å². The molecule has 1 heterocycles. The molecule has 0 radical (unpaired) electrons. The summed E-state index contributed by atoms with van der Waals surface area (Å²) < 4.78 is 1.36. The molecular weight excluding hydrogens is 128 g/mol. The van der Waals surface area contributed by atoms with E-state index in [0.717, 1.165) is 6.34 Å². The first-order valence-electron chi connectivity index (χ1n) is 2.77. The summed E-state index contributed by atoms with van der Waals surface area (Å²) in [5.74, 6) is 0. The van der Waals surface area contributed by atoms with Crippen LogP contribution in [0.3, 0.4) is 0 Å². The van der Waals surface area contributed by atoms with Gasteiger partial charge in [-0.25, -0.2) is 0 Å². The number of nitrogens with one attached hydrogen (secondary N) is 2. The first kappa shape index (κ1) is 6.54. The van der Waals surface area contributed by atoms with Crippen molar-refractivity contribution in [1.82, 2.24) is 4.57 Å². The van der Waals surface area contributed by atoms with E-state index in [1.54, 1.807) is 12.3 Å². The Morgan fingerprint density at radius 2 is 2.30 bits per heavy atom. The van der Waals surface area contributed by atoms with Crippen LogP contribution < -0.4 is 11.2 Å². The molecule has 0 aliphatic carbocycles. The third-order valence-corrected chi connectivity index (χ3v) is 1.15. The molecule has 0 aromatic carbocycles. The smallest absolute Gasteiger partial charge is 0.132 e. The second-order valence-electron chi connectivity index (χ2n) is 1.88. The van der Waals surface area contributed by atoms with Crippen LogP contribution in [-0.4, -0.2) is 10.9 Å². The Kier molecular flexibility index (Phi) is 1.53. The Bertz CT molecular complexity index is 299. The summed E-state index contributed by atoms with van der Waals surface area (Å²) in [6.45, 7) is 0. The van der Waals surface area contributed by atoms with Crippen LogP contribution in [0.5, 0.6) is 0 Å². The van der Waals surface area contributed by atoms with E-state index >= 15 is 0 Å². The van der Waals surface area contributed by atoms with E-state index in [1.165, 1.54) is 10.6 Å². The van der Waals surface area contributed by atoms with Crippen molar-refractivity contribution in [2.24, 2.45) is 0 Å². The molecule has 0 amide bonds. The van der Waals surface area contributed by atoms with Crippen molar-refractivity contribution in [2.45, 2.75) is 0 Å². The molecule has 0 unspecified atom stereocenters. The summed E-state index contributed by atoms with van der Waals surface area (Å²) in [7, 11) is 0. The van der Waals surface area contributed by atoms with E-state index in [2.05, 4.69) is 0 Å². The van der Waals surface area contributed by atoms with Crippen LogP contribution in [0.2, 0.25) is 0 Å². The van der Waals surface area contributed by atoms with Crippen molar-refractivity contribution < 1.29 is 0 Å². The molecule has 0 atom stereocenters.